The van der Waals surface area contributed by atoms with Gasteiger partial charge in [-0.05, 0) is 52.4 Å². The molecule has 0 saturated carbocycles. The SMILES string of the molecule is O=C(NC1CCSCC1)c1ccnc(Br)c1. The lowest BCUT2D eigenvalue weighted by Gasteiger charge is -2.22. The highest BCUT2D eigenvalue weighted by molar-refractivity contribution is 9.10. The minimum atomic E-state index is 0.000000000000000666. The molecule has 2 heterocycles. The molecule has 0 radical (unpaired) electrons. The Kier molecular flexibility index (Phi) is 4.23. The van der Waals surface area contributed by atoms with Gasteiger partial charge in [0.25, 0.3) is 5.91 Å². The number of hydrogen-bond acceptors (Lipinski definition) is 3. The van der Waals surface area contributed by atoms with Crippen molar-refractivity contribution in [2.45, 2.75) is 18.9 Å². The summed E-state index contributed by atoms with van der Waals surface area (Å²) in [6, 6.07) is 3.81. The van der Waals surface area contributed by atoms with E-state index >= 15 is 0 Å². The smallest absolute Gasteiger partial charge is 0.251 e. The molecule has 16 heavy (non-hydrogen) atoms. The Morgan fingerprint density at radius 3 is 2.94 bits per heavy atom. The van der Waals surface area contributed by atoms with Crippen molar-refractivity contribution in [3.8, 4) is 0 Å². The van der Waals surface area contributed by atoms with Gasteiger partial charge in [0.2, 0.25) is 0 Å². The van der Waals surface area contributed by atoms with Crippen molar-refractivity contribution in [3.63, 3.8) is 0 Å². The number of carbonyl (C=O) groups is 1. The molecule has 0 bridgehead atoms. The van der Waals surface area contributed by atoms with Gasteiger partial charge in [-0.1, -0.05) is 0 Å². The van der Waals surface area contributed by atoms with Crippen molar-refractivity contribution in [2.24, 2.45) is 0 Å². The monoisotopic (exact) mass is 300 g/mol. The van der Waals surface area contributed by atoms with E-state index in [0.29, 0.717) is 16.2 Å². The highest BCUT2D eigenvalue weighted by Gasteiger charge is 2.16. The maximum Gasteiger partial charge on any atom is 0.251 e. The molecule has 2 rings (SSSR count). The van der Waals surface area contributed by atoms with E-state index in [1.54, 1.807) is 18.3 Å². The summed E-state index contributed by atoms with van der Waals surface area (Å²) in [5, 5.41) is 3.06. The third-order valence-corrected chi connectivity index (χ3v) is 4.03. The molecule has 0 spiro atoms. The Morgan fingerprint density at radius 1 is 1.50 bits per heavy atom. The second-order valence-corrected chi connectivity index (χ2v) is 5.76. The summed E-state index contributed by atoms with van der Waals surface area (Å²) in [6.45, 7) is 0. The lowest BCUT2D eigenvalue weighted by atomic mass is 10.1. The Bertz CT molecular complexity index is 380. The van der Waals surface area contributed by atoms with Gasteiger partial charge in [0.05, 0.1) is 0 Å². The van der Waals surface area contributed by atoms with Gasteiger partial charge in [-0.2, -0.15) is 11.8 Å². The first-order chi connectivity index (χ1) is 7.75. The standard InChI is InChI=1S/C11H13BrN2OS/c12-10-7-8(1-4-13-10)11(15)14-9-2-5-16-6-3-9/h1,4,7,9H,2-3,5-6H2,(H,14,15). The fraction of sp³-hybridized carbons (Fsp3) is 0.455. The van der Waals surface area contributed by atoms with Crippen molar-refractivity contribution in [1.29, 1.82) is 0 Å². The maximum atomic E-state index is 11.9. The molecule has 1 aliphatic heterocycles. The third kappa shape index (κ3) is 3.22. The molecule has 0 unspecified atom stereocenters. The van der Waals surface area contributed by atoms with Crippen molar-refractivity contribution >= 4 is 33.6 Å². The van der Waals surface area contributed by atoms with Crippen LogP contribution in [-0.2, 0) is 0 Å². The van der Waals surface area contributed by atoms with Crippen LogP contribution in [-0.4, -0.2) is 28.4 Å². The van der Waals surface area contributed by atoms with E-state index < -0.39 is 0 Å². The lowest BCUT2D eigenvalue weighted by Crippen LogP contribution is -2.37. The predicted octanol–water partition coefficient (Wildman–Crippen LogP) is 2.47. The fourth-order valence-electron chi connectivity index (χ4n) is 1.65. The largest absolute Gasteiger partial charge is 0.349 e. The third-order valence-electron chi connectivity index (χ3n) is 2.55. The number of nitrogens with one attached hydrogen (secondary N) is 1. The molecule has 1 aromatic rings. The number of aromatic nitrogens is 1. The van der Waals surface area contributed by atoms with Crippen molar-refractivity contribution < 1.29 is 4.79 Å². The van der Waals surface area contributed by atoms with Gasteiger partial charge in [0.15, 0.2) is 0 Å². The normalized spacial score (nSPS) is 17.1. The molecular formula is C11H13BrN2OS. The number of rotatable bonds is 2. The zero-order chi connectivity index (χ0) is 11.4. The van der Waals surface area contributed by atoms with E-state index in [0.717, 1.165) is 24.3 Å². The van der Waals surface area contributed by atoms with Crippen LogP contribution in [0, 0.1) is 0 Å². The molecule has 5 heteroatoms. The zero-order valence-electron chi connectivity index (χ0n) is 8.78. The highest BCUT2D eigenvalue weighted by Crippen LogP contribution is 2.17. The average Bonchev–Trinajstić information content (AvgIpc) is 2.30. The molecule has 1 saturated heterocycles. The second kappa shape index (κ2) is 5.68. The molecule has 1 aromatic heterocycles. The molecule has 0 atom stereocenters. The Hall–Kier alpha value is -0.550. The molecule has 3 nitrogen and oxygen atoms in total. The molecule has 1 fully saturated rings. The summed E-state index contributed by atoms with van der Waals surface area (Å²) in [5.41, 5.74) is 0.667. The topological polar surface area (TPSA) is 42.0 Å². The van der Waals surface area contributed by atoms with Crippen LogP contribution in [0.4, 0.5) is 0 Å². The van der Waals surface area contributed by atoms with Gasteiger partial charge in [0, 0.05) is 17.8 Å². The highest BCUT2D eigenvalue weighted by atomic mass is 79.9. The fourth-order valence-corrected chi connectivity index (χ4v) is 3.13. The summed E-state index contributed by atoms with van der Waals surface area (Å²) >= 11 is 5.22. The Labute approximate surface area is 108 Å². The Morgan fingerprint density at radius 2 is 2.25 bits per heavy atom. The number of pyridine rings is 1. The summed E-state index contributed by atoms with van der Waals surface area (Å²) in [4.78, 5) is 15.9. The van der Waals surface area contributed by atoms with Crippen molar-refractivity contribution in [2.75, 3.05) is 11.5 Å². The van der Waals surface area contributed by atoms with E-state index in [1.165, 1.54) is 0 Å². The first kappa shape index (κ1) is 11.9. The first-order valence-electron chi connectivity index (χ1n) is 5.26. The van der Waals surface area contributed by atoms with E-state index in [2.05, 4.69) is 26.2 Å². The van der Waals surface area contributed by atoms with Gasteiger partial charge in [-0.3, -0.25) is 4.79 Å². The van der Waals surface area contributed by atoms with E-state index in [9.17, 15) is 4.79 Å². The first-order valence-corrected chi connectivity index (χ1v) is 7.20. The van der Waals surface area contributed by atoms with Crippen LogP contribution < -0.4 is 5.32 Å². The number of halogens is 1. The van der Waals surface area contributed by atoms with Crippen LogP contribution in [0.1, 0.15) is 23.2 Å². The number of amides is 1. The summed E-state index contributed by atoms with van der Waals surface area (Å²) in [6.07, 6.45) is 3.78. The van der Waals surface area contributed by atoms with E-state index in [1.807, 2.05) is 11.8 Å². The number of hydrogen-bond donors (Lipinski definition) is 1. The summed E-state index contributed by atoms with van der Waals surface area (Å²) in [7, 11) is 0. The molecule has 1 aliphatic rings. The van der Waals surface area contributed by atoms with Crippen molar-refractivity contribution in [3.05, 3.63) is 28.5 Å². The minimum Gasteiger partial charge on any atom is -0.349 e. The Balaban J connectivity index is 1.97. The van der Waals surface area contributed by atoms with Crippen LogP contribution in [0.15, 0.2) is 22.9 Å². The van der Waals surface area contributed by atoms with Gasteiger partial charge < -0.3 is 5.32 Å². The number of thioether (sulfide) groups is 1. The van der Waals surface area contributed by atoms with Crippen LogP contribution in [0.25, 0.3) is 0 Å². The van der Waals surface area contributed by atoms with Crippen LogP contribution in [0.2, 0.25) is 0 Å². The van der Waals surface area contributed by atoms with E-state index in [4.69, 9.17) is 0 Å². The molecule has 0 aromatic carbocycles. The average molecular weight is 301 g/mol. The van der Waals surface area contributed by atoms with Crippen LogP contribution >= 0.6 is 27.7 Å². The lowest BCUT2D eigenvalue weighted by molar-refractivity contribution is 0.0934. The van der Waals surface area contributed by atoms with E-state index in [-0.39, 0.29) is 5.91 Å². The summed E-state index contributed by atoms with van der Waals surface area (Å²) in [5.74, 6) is 2.29. The minimum absolute atomic E-state index is 0.000000000000000666. The number of nitrogens with zero attached hydrogens (tertiary/aromatic N) is 1. The molecule has 86 valence electrons. The second-order valence-electron chi connectivity index (χ2n) is 3.73. The predicted molar refractivity (Wildman–Crippen MR) is 69.8 cm³/mol. The molecular weight excluding hydrogens is 288 g/mol. The molecule has 0 aliphatic carbocycles. The van der Waals surface area contributed by atoms with Gasteiger partial charge >= 0.3 is 0 Å². The van der Waals surface area contributed by atoms with Crippen molar-refractivity contribution in [1.82, 2.24) is 10.3 Å². The maximum absolute atomic E-state index is 11.9. The van der Waals surface area contributed by atoms with Gasteiger partial charge in [-0.25, -0.2) is 4.98 Å². The molecule has 1 amide bonds. The molecule has 1 N–H and O–H groups in total. The number of carbonyl (C=O) groups excluding carboxylic acids is 1. The van der Waals surface area contributed by atoms with Crippen LogP contribution in [0.3, 0.4) is 0 Å². The summed E-state index contributed by atoms with van der Waals surface area (Å²) < 4.78 is 0.694. The van der Waals surface area contributed by atoms with Crippen LogP contribution in [0.5, 0.6) is 0 Å². The quantitative estimate of drug-likeness (QED) is 0.853. The zero-order valence-corrected chi connectivity index (χ0v) is 11.2. The van der Waals surface area contributed by atoms with Gasteiger partial charge in [0.1, 0.15) is 4.60 Å². The van der Waals surface area contributed by atoms with Gasteiger partial charge in [-0.15, -0.1) is 0 Å².